The molecule has 0 N–H and O–H groups in total. The Kier molecular flexibility index (Phi) is 2.91. The molecule has 0 amide bonds. The van der Waals surface area contributed by atoms with Gasteiger partial charge in [0.15, 0.2) is 0 Å². The average molecular weight is 272 g/mol. The zero-order valence-electron chi connectivity index (χ0n) is 13.0. The van der Waals surface area contributed by atoms with Crippen molar-refractivity contribution in [2.24, 2.45) is 40.9 Å². The van der Waals surface area contributed by atoms with Crippen LogP contribution in [0.15, 0.2) is 12.2 Å². The molecule has 7 unspecified atom stereocenters. The number of ketones is 1. The number of allylic oxidation sites excluding steroid dienone is 2. The lowest BCUT2D eigenvalue weighted by atomic mass is 9.46. The summed E-state index contributed by atoms with van der Waals surface area (Å²) < 4.78 is 0. The van der Waals surface area contributed by atoms with Gasteiger partial charge in [0, 0.05) is 12.8 Å². The first-order valence-electron chi connectivity index (χ1n) is 8.78. The predicted octanol–water partition coefficient (Wildman–Crippen LogP) is 4.62. The number of hydrogen-bond donors (Lipinski definition) is 0. The lowest BCUT2D eigenvalue weighted by Gasteiger charge is -2.59. The molecule has 0 aromatic carbocycles. The highest BCUT2D eigenvalue weighted by Crippen LogP contribution is 2.62. The summed E-state index contributed by atoms with van der Waals surface area (Å²) in [5.74, 6) is 5.72. The van der Waals surface area contributed by atoms with Crippen molar-refractivity contribution < 1.29 is 4.79 Å². The topological polar surface area (TPSA) is 17.1 Å². The van der Waals surface area contributed by atoms with Crippen molar-refractivity contribution in [1.29, 1.82) is 0 Å². The first kappa shape index (κ1) is 13.1. The van der Waals surface area contributed by atoms with Gasteiger partial charge in [-0.25, -0.2) is 0 Å². The predicted molar refractivity (Wildman–Crippen MR) is 81.2 cm³/mol. The van der Waals surface area contributed by atoms with Crippen LogP contribution in [0.1, 0.15) is 58.8 Å². The molecule has 0 radical (unpaired) electrons. The highest BCUT2D eigenvalue weighted by Gasteiger charge is 2.55. The third-order valence-electron chi connectivity index (χ3n) is 7.66. The smallest absolute Gasteiger partial charge is 0.133 e. The second-order valence-corrected chi connectivity index (χ2v) is 8.41. The van der Waals surface area contributed by atoms with Crippen LogP contribution in [0.4, 0.5) is 0 Å². The van der Waals surface area contributed by atoms with E-state index in [2.05, 4.69) is 26.0 Å². The molecule has 1 heteroatoms. The summed E-state index contributed by atoms with van der Waals surface area (Å²) in [6.07, 6.45) is 13.4. The van der Waals surface area contributed by atoms with Crippen LogP contribution in [0.25, 0.3) is 0 Å². The minimum atomic E-state index is 0.471. The van der Waals surface area contributed by atoms with Crippen LogP contribution in [-0.4, -0.2) is 5.78 Å². The highest BCUT2D eigenvalue weighted by atomic mass is 16.1. The first-order chi connectivity index (χ1) is 9.59. The molecule has 0 spiro atoms. The molecular formula is C19H28O. The lowest BCUT2D eigenvalue weighted by molar-refractivity contribution is -0.136. The Morgan fingerprint density at radius 1 is 1.25 bits per heavy atom. The number of carbonyl (C=O) groups excluding carboxylic acids is 1. The Balaban J connectivity index is 1.65. The maximum Gasteiger partial charge on any atom is 0.133 e. The van der Waals surface area contributed by atoms with Gasteiger partial charge in [0.2, 0.25) is 0 Å². The third kappa shape index (κ3) is 1.71. The van der Waals surface area contributed by atoms with Gasteiger partial charge in [0.1, 0.15) is 5.78 Å². The summed E-state index contributed by atoms with van der Waals surface area (Å²) in [4.78, 5) is 11.9. The molecule has 0 aromatic rings. The summed E-state index contributed by atoms with van der Waals surface area (Å²) in [6, 6.07) is 0. The molecular weight excluding hydrogens is 244 g/mol. The summed E-state index contributed by atoms with van der Waals surface area (Å²) in [5, 5.41) is 0. The fraction of sp³-hybridized carbons (Fsp3) is 0.842. The van der Waals surface area contributed by atoms with Crippen molar-refractivity contribution in [1.82, 2.24) is 0 Å². The van der Waals surface area contributed by atoms with E-state index in [1.54, 1.807) is 0 Å². The first-order valence-corrected chi connectivity index (χ1v) is 8.78. The van der Waals surface area contributed by atoms with Gasteiger partial charge in [-0.3, -0.25) is 4.79 Å². The fourth-order valence-corrected chi connectivity index (χ4v) is 6.51. The molecule has 110 valence electrons. The molecule has 4 rings (SSSR count). The van der Waals surface area contributed by atoms with E-state index >= 15 is 0 Å². The summed E-state index contributed by atoms with van der Waals surface area (Å²) in [7, 11) is 0. The van der Waals surface area contributed by atoms with Gasteiger partial charge in [-0.1, -0.05) is 26.0 Å². The largest absolute Gasteiger partial charge is 0.300 e. The van der Waals surface area contributed by atoms with E-state index in [1.807, 2.05) is 0 Å². The molecule has 0 aliphatic heterocycles. The van der Waals surface area contributed by atoms with Crippen LogP contribution in [0.2, 0.25) is 0 Å². The third-order valence-corrected chi connectivity index (χ3v) is 7.66. The molecule has 0 aromatic heterocycles. The molecule has 7 atom stereocenters. The fourth-order valence-electron chi connectivity index (χ4n) is 6.51. The minimum absolute atomic E-state index is 0.471. The van der Waals surface area contributed by atoms with Crippen molar-refractivity contribution in [3.63, 3.8) is 0 Å². The number of Topliss-reactive ketones (excluding diaryl/α,β-unsaturated/α-hetero) is 1. The van der Waals surface area contributed by atoms with Gasteiger partial charge in [-0.05, 0) is 73.0 Å². The van der Waals surface area contributed by atoms with Crippen LogP contribution in [-0.2, 0) is 4.79 Å². The summed E-state index contributed by atoms with van der Waals surface area (Å²) in [5.41, 5.74) is 0.471. The van der Waals surface area contributed by atoms with Crippen LogP contribution in [0.3, 0.4) is 0 Å². The van der Waals surface area contributed by atoms with Crippen LogP contribution < -0.4 is 0 Å². The van der Waals surface area contributed by atoms with Crippen molar-refractivity contribution in [3.05, 3.63) is 12.2 Å². The number of hydrogen-bond acceptors (Lipinski definition) is 1. The van der Waals surface area contributed by atoms with E-state index in [0.717, 1.165) is 42.4 Å². The molecule has 0 bridgehead atoms. The number of fused-ring (bicyclic) bond motifs is 5. The van der Waals surface area contributed by atoms with Crippen molar-refractivity contribution in [3.8, 4) is 0 Å². The standard InChI is InChI=1S/C19H28O/c1-12-10-18-17(16-5-3-4-15(12)16)7-6-13-11-14(20)8-9-19(13,18)2/h3-4,12-13,15-18H,5-11H2,1-2H3. The quantitative estimate of drug-likeness (QED) is 0.588. The zero-order valence-corrected chi connectivity index (χ0v) is 13.0. The number of rotatable bonds is 0. The van der Waals surface area contributed by atoms with Gasteiger partial charge < -0.3 is 0 Å². The van der Waals surface area contributed by atoms with E-state index in [1.165, 1.54) is 32.1 Å². The van der Waals surface area contributed by atoms with Crippen molar-refractivity contribution in [2.75, 3.05) is 0 Å². The van der Waals surface area contributed by atoms with E-state index < -0.39 is 0 Å². The van der Waals surface area contributed by atoms with Crippen LogP contribution in [0, 0.1) is 40.9 Å². The Morgan fingerprint density at radius 2 is 2.10 bits per heavy atom. The van der Waals surface area contributed by atoms with Crippen molar-refractivity contribution >= 4 is 5.78 Å². The molecule has 20 heavy (non-hydrogen) atoms. The van der Waals surface area contributed by atoms with Gasteiger partial charge in [0.05, 0.1) is 0 Å². The lowest BCUT2D eigenvalue weighted by Crippen LogP contribution is -2.52. The van der Waals surface area contributed by atoms with Gasteiger partial charge in [0.25, 0.3) is 0 Å². The average Bonchev–Trinajstić information content (AvgIpc) is 2.91. The maximum absolute atomic E-state index is 11.9. The number of carbonyl (C=O) groups is 1. The van der Waals surface area contributed by atoms with E-state index in [-0.39, 0.29) is 0 Å². The molecule has 0 heterocycles. The van der Waals surface area contributed by atoms with Crippen LogP contribution in [0.5, 0.6) is 0 Å². The molecule has 3 fully saturated rings. The molecule has 3 saturated carbocycles. The van der Waals surface area contributed by atoms with Gasteiger partial charge in [-0.15, -0.1) is 0 Å². The van der Waals surface area contributed by atoms with Crippen LogP contribution >= 0.6 is 0 Å². The Morgan fingerprint density at radius 3 is 2.95 bits per heavy atom. The normalized spacial score (nSPS) is 54.2. The van der Waals surface area contributed by atoms with E-state index in [9.17, 15) is 4.79 Å². The SMILES string of the molecule is CC1CC2C(CCC3CC(=O)CCC32C)C2CC=CC12. The van der Waals surface area contributed by atoms with Gasteiger partial charge >= 0.3 is 0 Å². The highest BCUT2D eigenvalue weighted by molar-refractivity contribution is 5.79. The Bertz CT molecular complexity index is 451. The zero-order chi connectivity index (χ0) is 13.9. The molecule has 4 aliphatic rings. The Labute approximate surface area is 123 Å². The van der Waals surface area contributed by atoms with Crippen molar-refractivity contribution in [2.45, 2.75) is 58.8 Å². The second-order valence-electron chi connectivity index (χ2n) is 8.41. The molecule has 4 aliphatic carbocycles. The monoisotopic (exact) mass is 272 g/mol. The molecule has 1 nitrogen and oxygen atoms in total. The maximum atomic E-state index is 11.9. The van der Waals surface area contributed by atoms with E-state index in [4.69, 9.17) is 0 Å². The Hall–Kier alpha value is -0.590. The van der Waals surface area contributed by atoms with Gasteiger partial charge in [-0.2, -0.15) is 0 Å². The van der Waals surface area contributed by atoms with E-state index in [0.29, 0.717) is 17.1 Å². The molecule has 0 saturated heterocycles. The minimum Gasteiger partial charge on any atom is -0.300 e. The summed E-state index contributed by atoms with van der Waals surface area (Å²) in [6.45, 7) is 5.01. The summed E-state index contributed by atoms with van der Waals surface area (Å²) >= 11 is 0. The second kappa shape index (κ2) is 4.45.